The standard InChI is InChI=1S/C15H28/c1-11(2)15(12(3)4)9-8-13(5)14(6,7)10-15/h8,11-12H,9-10H2,1-7H3. The minimum atomic E-state index is 0.396. The molecule has 0 bridgehead atoms. The third-order valence-electron chi connectivity index (χ3n) is 4.93. The monoisotopic (exact) mass is 208 g/mol. The summed E-state index contributed by atoms with van der Waals surface area (Å²) in [5, 5.41) is 0. The quantitative estimate of drug-likeness (QED) is 0.557. The van der Waals surface area contributed by atoms with Gasteiger partial charge in [0.1, 0.15) is 0 Å². The minimum absolute atomic E-state index is 0.396. The molecule has 0 spiro atoms. The topological polar surface area (TPSA) is 0 Å². The zero-order valence-electron chi connectivity index (χ0n) is 11.6. The van der Waals surface area contributed by atoms with Crippen molar-refractivity contribution in [2.24, 2.45) is 22.7 Å². The van der Waals surface area contributed by atoms with Crippen LogP contribution in [0.5, 0.6) is 0 Å². The fourth-order valence-corrected chi connectivity index (χ4v) is 3.20. The van der Waals surface area contributed by atoms with Gasteiger partial charge in [-0.1, -0.05) is 53.2 Å². The molecule has 1 rings (SSSR count). The smallest absolute Gasteiger partial charge is 0.0142 e. The van der Waals surface area contributed by atoms with Crippen LogP contribution in [-0.4, -0.2) is 0 Å². The molecule has 0 atom stereocenters. The van der Waals surface area contributed by atoms with Crippen molar-refractivity contribution < 1.29 is 0 Å². The Morgan fingerprint density at radius 1 is 1.07 bits per heavy atom. The first-order valence-corrected chi connectivity index (χ1v) is 6.39. The van der Waals surface area contributed by atoms with Crippen LogP contribution in [0, 0.1) is 22.7 Å². The van der Waals surface area contributed by atoms with Crippen molar-refractivity contribution in [2.45, 2.75) is 61.3 Å². The molecule has 0 saturated carbocycles. The van der Waals surface area contributed by atoms with Gasteiger partial charge in [-0.3, -0.25) is 0 Å². The second-order valence-corrected chi connectivity index (χ2v) is 6.69. The number of hydrogen-bond acceptors (Lipinski definition) is 0. The first kappa shape index (κ1) is 12.8. The molecule has 0 saturated heterocycles. The molecule has 0 heteroatoms. The lowest BCUT2D eigenvalue weighted by molar-refractivity contribution is 0.0503. The van der Waals surface area contributed by atoms with Crippen LogP contribution in [0.3, 0.4) is 0 Å². The number of allylic oxidation sites excluding steroid dienone is 2. The fraction of sp³-hybridized carbons (Fsp3) is 0.867. The molecule has 0 aromatic heterocycles. The van der Waals surface area contributed by atoms with E-state index >= 15 is 0 Å². The van der Waals surface area contributed by atoms with Crippen molar-refractivity contribution >= 4 is 0 Å². The predicted molar refractivity (Wildman–Crippen MR) is 68.9 cm³/mol. The van der Waals surface area contributed by atoms with Crippen molar-refractivity contribution in [3.05, 3.63) is 11.6 Å². The van der Waals surface area contributed by atoms with Crippen LogP contribution in [0.15, 0.2) is 11.6 Å². The predicted octanol–water partition coefficient (Wildman–Crippen LogP) is 5.05. The first-order valence-electron chi connectivity index (χ1n) is 6.39. The summed E-state index contributed by atoms with van der Waals surface area (Å²) in [7, 11) is 0. The van der Waals surface area contributed by atoms with Crippen LogP contribution in [0.4, 0.5) is 0 Å². The van der Waals surface area contributed by atoms with Crippen molar-refractivity contribution in [3.63, 3.8) is 0 Å². The van der Waals surface area contributed by atoms with E-state index in [9.17, 15) is 0 Å². The van der Waals surface area contributed by atoms with Crippen molar-refractivity contribution in [3.8, 4) is 0 Å². The molecule has 0 radical (unpaired) electrons. The molecule has 1 aliphatic rings. The molecule has 88 valence electrons. The molecular weight excluding hydrogens is 180 g/mol. The lowest BCUT2D eigenvalue weighted by atomic mass is 9.55. The van der Waals surface area contributed by atoms with E-state index in [0.29, 0.717) is 10.8 Å². The Kier molecular flexibility index (Phi) is 3.38. The highest BCUT2D eigenvalue weighted by molar-refractivity contribution is 5.17. The Balaban J connectivity index is 3.07. The summed E-state index contributed by atoms with van der Waals surface area (Å²) in [5.74, 6) is 1.56. The summed E-state index contributed by atoms with van der Waals surface area (Å²) >= 11 is 0. The summed E-state index contributed by atoms with van der Waals surface area (Å²) in [6.07, 6.45) is 5.11. The number of hydrogen-bond donors (Lipinski definition) is 0. The van der Waals surface area contributed by atoms with Gasteiger partial charge in [-0.2, -0.15) is 0 Å². The maximum Gasteiger partial charge on any atom is -0.0142 e. The summed E-state index contributed by atoms with van der Waals surface area (Å²) in [5.41, 5.74) is 2.50. The Labute approximate surface area is 96.2 Å². The third-order valence-corrected chi connectivity index (χ3v) is 4.93. The van der Waals surface area contributed by atoms with E-state index in [2.05, 4.69) is 54.5 Å². The van der Waals surface area contributed by atoms with Crippen LogP contribution in [0.1, 0.15) is 61.3 Å². The molecule has 0 aliphatic heterocycles. The Bertz CT molecular complexity index is 245. The van der Waals surface area contributed by atoms with Crippen LogP contribution >= 0.6 is 0 Å². The van der Waals surface area contributed by atoms with E-state index in [4.69, 9.17) is 0 Å². The summed E-state index contributed by atoms with van der Waals surface area (Å²) in [6.45, 7) is 16.7. The second kappa shape index (κ2) is 3.96. The van der Waals surface area contributed by atoms with Crippen LogP contribution < -0.4 is 0 Å². The van der Waals surface area contributed by atoms with Crippen LogP contribution in [-0.2, 0) is 0 Å². The Hall–Kier alpha value is -0.260. The van der Waals surface area contributed by atoms with E-state index in [1.54, 1.807) is 5.57 Å². The highest BCUT2D eigenvalue weighted by Crippen LogP contribution is 2.53. The van der Waals surface area contributed by atoms with Crippen molar-refractivity contribution in [1.29, 1.82) is 0 Å². The van der Waals surface area contributed by atoms with Gasteiger partial charge in [0.2, 0.25) is 0 Å². The van der Waals surface area contributed by atoms with Gasteiger partial charge in [0.25, 0.3) is 0 Å². The molecule has 0 heterocycles. The van der Waals surface area contributed by atoms with E-state index in [0.717, 1.165) is 11.8 Å². The highest BCUT2D eigenvalue weighted by atomic mass is 14.5. The summed E-state index contributed by atoms with van der Waals surface area (Å²) in [6, 6.07) is 0. The van der Waals surface area contributed by atoms with Gasteiger partial charge in [0.05, 0.1) is 0 Å². The van der Waals surface area contributed by atoms with Crippen LogP contribution in [0.25, 0.3) is 0 Å². The maximum absolute atomic E-state index is 2.49. The van der Waals surface area contributed by atoms with Crippen molar-refractivity contribution in [1.82, 2.24) is 0 Å². The maximum atomic E-state index is 2.49. The van der Waals surface area contributed by atoms with Gasteiger partial charge in [-0.05, 0) is 42.4 Å². The zero-order chi connectivity index (χ0) is 11.9. The average molecular weight is 208 g/mol. The zero-order valence-corrected chi connectivity index (χ0v) is 11.6. The van der Waals surface area contributed by atoms with Gasteiger partial charge < -0.3 is 0 Å². The molecule has 0 nitrogen and oxygen atoms in total. The van der Waals surface area contributed by atoms with Gasteiger partial charge in [0.15, 0.2) is 0 Å². The molecule has 15 heavy (non-hydrogen) atoms. The van der Waals surface area contributed by atoms with E-state index in [-0.39, 0.29) is 0 Å². The molecule has 1 aliphatic carbocycles. The molecule has 0 N–H and O–H groups in total. The molecule has 0 amide bonds. The van der Waals surface area contributed by atoms with Gasteiger partial charge in [-0.25, -0.2) is 0 Å². The van der Waals surface area contributed by atoms with Crippen LogP contribution in [0.2, 0.25) is 0 Å². The Morgan fingerprint density at radius 3 is 1.87 bits per heavy atom. The first-order chi connectivity index (χ1) is 6.72. The van der Waals surface area contributed by atoms with E-state index < -0.39 is 0 Å². The molecule has 0 fully saturated rings. The lowest BCUT2D eigenvalue weighted by Gasteiger charge is -2.49. The summed E-state index contributed by atoms with van der Waals surface area (Å²) in [4.78, 5) is 0. The largest absolute Gasteiger partial charge is 0.0845 e. The normalized spacial score (nSPS) is 24.5. The molecule has 0 unspecified atom stereocenters. The third kappa shape index (κ3) is 2.14. The Morgan fingerprint density at radius 2 is 1.53 bits per heavy atom. The van der Waals surface area contributed by atoms with Gasteiger partial charge >= 0.3 is 0 Å². The molecular formula is C15H28. The molecule has 0 aromatic rings. The highest BCUT2D eigenvalue weighted by Gasteiger charge is 2.43. The van der Waals surface area contributed by atoms with Crippen molar-refractivity contribution in [2.75, 3.05) is 0 Å². The average Bonchev–Trinajstić information content (AvgIpc) is 2.08. The SMILES string of the molecule is CC1=CCC(C(C)C)(C(C)C)CC1(C)C. The number of rotatable bonds is 2. The molecule has 0 aromatic carbocycles. The van der Waals surface area contributed by atoms with Gasteiger partial charge in [-0.15, -0.1) is 0 Å². The lowest BCUT2D eigenvalue weighted by Crippen LogP contribution is -2.40. The van der Waals surface area contributed by atoms with Gasteiger partial charge in [0, 0.05) is 0 Å². The fourth-order valence-electron chi connectivity index (χ4n) is 3.20. The second-order valence-electron chi connectivity index (χ2n) is 6.69. The van der Waals surface area contributed by atoms with E-state index in [1.807, 2.05) is 0 Å². The summed E-state index contributed by atoms with van der Waals surface area (Å²) < 4.78 is 0. The van der Waals surface area contributed by atoms with E-state index in [1.165, 1.54) is 12.8 Å². The minimum Gasteiger partial charge on any atom is -0.0845 e.